The maximum atomic E-state index is 13.5. The Hall–Kier alpha value is -2.87. The number of carbonyl (C=O) groups is 2. The molecule has 2 aromatic carbocycles. The molecule has 0 unspecified atom stereocenters. The standard InChI is InChI=1S/C16H13ClF2N2O4/c1-24-14-6-12(20)10(17)5-9(14)16(23)25-7-15(22)21-13-3-2-8(18)4-11(13)19/h2-6H,7,20H2,1H3,(H,21,22). The van der Waals surface area contributed by atoms with Crippen LogP contribution in [-0.4, -0.2) is 25.6 Å². The number of nitrogens with one attached hydrogen (secondary N) is 1. The summed E-state index contributed by atoms with van der Waals surface area (Å²) in [6, 6.07) is 5.23. The number of nitrogen functional groups attached to an aromatic ring is 1. The lowest BCUT2D eigenvalue weighted by atomic mass is 10.2. The number of benzene rings is 2. The number of anilines is 2. The first-order valence-corrected chi connectivity index (χ1v) is 7.24. The minimum Gasteiger partial charge on any atom is -0.496 e. The van der Waals surface area contributed by atoms with E-state index in [-0.39, 0.29) is 27.7 Å². The van der Waals surface area contributed by atoms with Gasteiger partial charge in [0.25, 0.3) is 5.91 Å². The third kappa shape index (κ3) is 4.57. The Morgan fingerprint density at radius 1 is 1.24 bits per heavy atom. The molecule has 0 atom stereocenters. The zero-order chi connectivity index (χ0) is 18.6. The molecule has 9 heteroatoms. The van der Waals surface area contributed by atoms with Crippen molar-refractivity contribution in [2.45, 2.75) is 0 Å². The number of rotatable bonds is 5. The van der Waals surface area contributed by atoms with Gasteiger partial charge in [-0.1, -0.05) is 11.6 Å². The smallest absolute Gasteiger partial charge is 0.342 e. The second kappa shape index (κ2) is 7.80. The normalized spacial score (nSPS) is 10.2. The molecule has 2 rings (SSSR count). The highest BCUT2D eigenvalue weighted by Crippen LogP contribution is 2.29. The van der Waals surface area contributed by atoms with Crippen LogP contribution < -0.4 is 15.8 Å². The monoisotopic (exact) mass is 370 g/mol. The highest BCUT2D eigenvalue weighted by atomic mass is 35.5. The fraction of sp³-hybridized carbons (Fsp3) is 0.125. The first-order chi connectivity index (χ1) is 11.8. The number of halogens is 3. The van der Waals surface area contributed by atoms with Crippen molar-refractivity contribution in [2.75, 3.05) is 24.8 Å². The first kappa shape index (κ1) is 18.5. The van der Waals surface area contributed by atoms with Crippen LogP contribution in [-0.2, 0) is 9.53 Å². The molecule has 0 saturated heterocycles. The van der Waals surface area contributed by atoms with Crippen molar-refractivity contribution in [1.82, 2.24) is 0 Å². The summed E-state index contributed by atoms with van der Waals surface area (Å²) in [6.45, 7) is -0.694. The van der Waals surface area contributed by atoms with Crippen molar-refractivity contribution in [3.8, 4) is 5.75 Å². The Balaban J connectivity index is 2.02. The summed E-state index contributed by atoms with van der Waals surface area (Å²) in [7, 11) is 1.32. The summed E-state index contributed by atoms with van der Waals surface area (Å²) in [5.74, 6) is -3.30. The largest absolute Gasteiger partial charge is 0.496 e. The van der Waals surface area contributed by atoms with Gasteiger partial charge in [0.1, 0.15) is 22.9 Å². The second-order valence-corrected chi connectivity index (χ2v) is 5.23. The van der Waals surface area contributed by atoms with Crippen LogP contribution in [0.25, 0.3) is 0 Å². The molecule has 0 saturated carbocycles. The van der Waals surface area contributed by atoms with Crippen LogP contribution in [0.4, 0.5) is 20.2 Å². The molecule has 1 amide bonds. The van der Waals surface area contributed by atoms with Crippen molar-refractivity contribution in [2.24, 2.45) is 0 Å². The number of esters is 1. The molecule has 0 aromatic heterocycles. The lowest BCUT2D eigenvalue weighted by Gasteiger charge is -2.11. The van der Waals surface area contributed by atoms with Crippen molar-refractivity contribution in [1.29, 1.82) is 0 Å². The zero-order valence-electron chi connectivity index (χ0n) is 12.9. The molecule has 0 bridgehead atoms. The Morgan fingerprint density at radius 2 is 1.96 bits per heavy atom. The quantitative estimate of drug-likeness (QED) is 0.623. The number of hydrogen-bond donors (Lipinski definition) is 2. The van der Waals surface area contributed by atoms with Gasteiger partial charge in [0.15, 0.2) is 6.61 Å². The Kier molecular flexibility index (Phi) is 5.76. The third-order valence-corrected chi connectivity index (χ3v) is 3.41. The fourth-order valence-electron chi connectivity index (χ4n) is 1.88. The number of amides is 1. The van der Waals surface area contributed by atoms with Gasteiger partial charge >= 0.3 is 5.97 Å². The molecule has 0 aliphatic rings. The van der Waals surface area contributed by atoms with E-state index in [9.17, 15) is 18.4 Å². The van der Waals surface area contributed by atoms with E-state index in [1.165, 1.54) is 19.2 Å². The van der Waals surface area contributed by atoms with Gasteiger partial charge in [-0.15, -0.1) is 0 Å². The average Bonchev–Trinajstić information content (AvgIpc) is 2.57. The maximum Gasteiger partial charge on any atom is 0.342 e. The van der Waals surface area contributed by atoms with Gasteiger partial charge in [-0.05, 0) is 18.2 Å². The van der Waals surface area contributed by atoms with Crippen LogP contribution >= 0.6 is 11.6 Å². The predicted molar refractivity (Wildman–Crippen MR) is 87.7 cm³/mol. The summed E-state index contributed by atoms with van der Waals surface area (Å²) in [6.07, 6.45) is 0. The number of hydrogen-bond acceptors (Lipinski definition) is 5. The number of methoxy groups -OCH3 is 1. The molecule has 6 nitrogen and oxygen atoms in total. The van der Waals surface area contributed by atoms with Crippen molar-refractivity contribution >= 4 is 34.9 Å². The molecule has 3 N–H and O–H groups in total. The molecule has 0 aliphatic heterocycles. The number of ether oxygens (including phenoxy) is 2. The fourth-order valence-corrected chi connectivity index (χ4v) is 2.05. The lowest BCUT2D eigenvalue weighted by Crippen LogP contribution is -2.21. The van der Waals surface area contributed by atoms with E-state index in [0.717, 1.165) is 12.1 Å². The molecule has 0 radical (unpaired) electrons. The Morgan fingerprint density at radius 3 is 2.60 bits per heavy atom. The van der Waals surface area contributed by atoms with Crippen LogP contribution in [0.2, 0.25) is 5.02 Å². The first-order valence-electron chi connectivity index (χ1n) is 6.87. The van der Waals surface area contributed by atoms with Gasteiger partial charge in [0.2, 0.25) is 0 Å². The van der Waals surface area contributed by atoms with Gasteiger partial charge in [0, 0.05) is 12.1 Å². The Labute approximate surface area is 146 Å². The van der Waals surface area contributed by atoms with Gasteiger partial charge in [-0.2, -0.15) is 0 Å². The molecule has 0 aliphatic carbocycles. The van der Waals surface area contributed by atoms with Crippen molar-refractivity contribution in [3.05, 3.63) is 52.6 Å². The van der Waals surface area contributed by atoms with E-state index >= 15 is 0 Å². The van der Waals surface area contributed by atoms with E-state index in [4.69, 9.17) is 26.8 Å². The summed E-state index contributed by atoms with van der Waals surface area (Å²) < 4.78 is 36.1. The SMILES string of the molecule is COc1cc(N)c(Cl)cc1C(=O)OCC(=O)Nc1ccc(F)cc1F. The minimum absolute atomic E-state index is 0.0255. The van der Waals surface area contributed by atoms with E-state index < -0.39 is 30.1 Å². The molecule has 25 heavy (non-hydrogen) atoms. The maximum absolute atomic E-state index is 13.5. The number of nitrogens with two attached hydrogens (primary N) is 1. The van der Waals surface area contributed by atoms with Gasteiger partial charge in [0.05, 0.1) is 23.5 Å². The van der Waals surface area contributed by atoms with Crippen LogP contribution in [0.15, 0.2) is 30.3 Å². The minimum atomic E-state index is -0.952. The summed E-state index contributed by atoms with van der Waals surface area (Å²) >= 11 is 5.85. The molecule has 0 heterocycles. The molecular weight excluding hydrogens is 358 g/mol. The van der Waals surface area contributed by atoms with Gasteiger partial charge in [-0.25, -0.2) is 13.6 Å². The van der Waals surface area contributed by atoms with Crippen molar-refractivity contribution < 1.29 is 27.8 Å². The third-order valence-electron chi connectivity index (χ3n) is 3.08. The van der Waals surface area contributed by atoms with Crippen LogP contribution in [0.1, 0.15) is 10.4 Å². The van der Waals surface area contributed by atoms with Crippen molar-refractivity contribution in [3.63, 3.8) is 0 Å². The molecule has 2 aromatic rings. The lowest BCUT2D eigenvalue weighted by molar-refractivity contribution is -0.119. The van der Waals surface area contributed by atoms with E-state index in [1.54, 1.807) is 0 Å². The second-order valence-electron chi connectivity index (χ2n) is 4.82. The van der Waals surface area contributed by atoms with Crippen LogP contribution in [0.3, 0.4) is 0 Å². The average molecular weight is 371 g/mol. The van der Waals surface area contributed by atoms with E-state index in [0.29, 0.717) is 6.07 Å². The van der Waals surface area contributed by atoms with E-state index in [2.05, 4.69) is 5.32 Å². The van der Waals surface area contributed by atoms with Gasteiger partial charge < -0.3 is 20.5 Å². The molecular formula is C16H13ClF2N2O4. The highest BCUT2D eigenvalue weighted by Gasteiger charge is 2.18. The molecule has 0 spiro atoms. The Bertz CT molecular complexity index is 830. The summed E-state index contributed by atoms with van der Waals surface area (Å²) in [4.78, 5) is 23.8. The van der Waals surface area contributed by atoms with E-state index in [1.807, 2.05) is 0 Å². The zero-order valence-corrected chi connectivity index (χ0v) is 13.7. The predicted octanol–water partition coefficient (Wildman–Crippen LogP) is 3.00. The molecule has 0 fully saturated rings. The number of carbonyl (C=O) groups excluding carboxylic acids is 2. The summed E-state index contributed by atoms with van der Waals surface area (Å²) in [5, 5.41) is 2.27. The van der Waals surface area contributed by atoms with Crippen LogP contribution in [0, 0.1) is 11.6 Å². The summed E-state index contributed by atoms with van der Waals surface area (Å²) in [5.41, 5.74) is 5.55. The topological polar surface area (TPSA) is 90.7 Å². The van der Waals surface area contributed by atoms with Gasteiger partial charge in [-0.3, -0.25) is 4.79 Å². The van der Waals surface area contributed by atoms with Crippen LogP contribution in [0.5, 0.6) is 5.75 Å². The highest BCUT2D eigenvalue weighted by molar-refractivity contribution is 6.33. The molecule has 132 valence electrons.